The lowest BCUT2D eigenvalue weighted by Crippen LogP contribution is -2.49. The molecule has 0 radical (unpaired) electrons. The van der Waals surface area contributed by atoms with Crippen LogP contribution in [-0.4, -0.2) is 52.9 Å². The first-order valence-corrected chi connectivity index (χ1v) is 9.15. The van der Waals surface area contributed by atoms with E-state index in [1.807, 2.05) is 36.1 Å². The summed E-state index contributed by atoms with van der Waals surface area (Å²) in [5, 5.41) is 2.91. The SMILES string of the molecule is CC(=O)N[C@H](CC(=O)N1CCN(c2cnccn2)CC1)c1ccc(C)cc1. The molecule has 0 aliphatic carbocycles. The van der Waals surface area contributed by atoms with E-state index in [2.05, 4.69) is 20.2 Å². The number of carbonyl (C=O) groups is 2. The van der Waals surface area contributed by atoms with Gasteiger partial charge < -0.3 is 15.1 Å². The number of nitrogens with one attached hydrogen (secondary N) is 1. The molecule has 1 aliphatic heterocycles. The number of piperazine rings is 1. The summed E-state index contributed by atoms with van der Waals surface area (Å²) in [7, 11) is 0. The molecule has 0 bridgehead atoms. The number of hydrogen-bond acceptors (Lipinski definition) is 5. The fraction of sp³-hybridized carbons (Fsp3) is 0.400. The monoisotopic (exact) mass is 367 g/mol. The fourth-order valence-electron chi connectivity index (χ4n) is 3.24. The molecule has 1 fully saturated rings. The van der Waals surface area contributed by atoms with Gasteiger partial charge in [-0.1, -0.05) is 29.8 Å². The third kappa shape index (κ3) is 5.03. The van der Waals surface area contributed by atoms with Crippen LogP contribution in [0, 0.1) is 6.92 Å². The zero-order valence-corrected chi connectivity index (χ0v) is 15.8. The van der Waals surface area contributed by atoms with Crippen LogP contribution in [0.4, 0.5) is 5.82 Å². The highest BCUT2D eigenvalue weighted by Crippen LogP contribution is 2.20. The molecule has 3 rings (SSSR count). The number of carbonyl (C=O) groups excluding carboxylic acids is 2. The minimum absolute atomic E-state index is 0.0492. The maximum absolute atomic E-state index is 12.8. The minimum atomic E-state index is -0.311. The maximum Gasteiger partial charge on any atom is 0.225 e. The molecule has 2 amide bonds. The van der Waals surface area contributed by atoms with Crippen molar-refractivity contribution < 1.29 is 9.59 Å². The summed E-state index contributed by atoms with van der Waals surface area (Å²) >= 11 is 0. The van der Waals surface area contributed by atoms with E-state index in [0.717, 1.165) is 30.0 Å². The molecular formula is C20H25N5O2. The number of benzene rings is 1. The van der Waals surface area contributed by atoms with Gasteiger partial charge in [0.25, 0.3) is 0 Å². The van der Waals surface area contributed by atoms with E-state index in [0.29, 0.717) is 13.1 Å². The van der Waals surface area contributed by atoms with Crippen molar-refractivity contribution in [3.8, 4) is 0 Å². The molecule has 142 valence electrons. The van der Waals surface area contributed by atoms with E-state index in [1.165, 1.54) is 6.92 Å². The number of rotatable bonds is 5. The van der Waals surface area contributed by atoms with Crippen molar-refractivity contribution >= 4 is 17.6 Å². The number of anilines is 1. The predicted octanol–water partition coefficient (Wildman–Crippen LogP) is 1.70. The van der Waals surface area contributed by atoms with Gasteiger partial charge in [0, 0.05) is 45.5 Å². The van der Waals surface area contributed by atoms with Crippen LogP contribution in [0.3, 0.4) is 0 Å². The third-order valence-electron chi connectivity index (χ3n) is 4.74. The molecule has 1 aromatic carbocycles. The molecule has 7 nitrogen and oxygen atoms in total. The Balaban J connectivity index is 1.61. The lowest BCUT2D eigenvalue weighted by Gasteiger charge is -2.36. The topological polar surface area (TPSA) is 78.4 Å². The average Bonchev–Trinajstić information content (AvgIpc) is 2.68. The number of aromatic nitrogens is 2. The van der Waals surface area contributed by atoms with Crippen molar-refractivity contribution in [2.75, 3.05) is 31.1 Å². The second-order valence-electron chi connectivity index (χ2n) is 6.80. The highest BCUT2D eigenvalue weighted by atomic mass is 16.2. The van der Waals surface area contributed by atoms with Crippen LogP contribution >= 0.6 is 0 Å². The quantitative estimate of drug-likeness (QED) is 0.870. The zero-order valence-electron chi connectivity index (χ0n) is 15.8. The molecule has 0 unspecified atom stereocenters. The molecule has 27 heavy (non-hydrogen) atoms. The van der Waals surface area contributed by atoms with Gasteiger partial charge >= 0.3 is 0 Å². The van der Waals surface area contributed by atoms with Gasteiger partial charge in [0.1, 0.15) is 5.82 Å². The van der Waals surface area contributed by atoms with Crippen molar-refractivity contribution in [3.05, 3.63) is 54.0 Å². The highest BCUT2D eigenvalue weighted by Gasteiger charge is 2.25. The normalized spacial score (nSPS) is 15.3. The van der Waals surface area contributed by atoms with Crippen LogP contribution in [0.5, 0.6) is 0 Å². The summed E-state index contributed by atoms with van der Waals surface area (Å²) < 4.78 is 0. The highest BCUT2D eigenvalue weighted by molar-refractivity contribution is 5.79. The molecule has 1 atom stereocenters. The largest absolute Gasteiger partial charge is 0.352 e. The molecule has 1 aromatic heterocycles. The Bertz CT molecular complexity index is 771. The van der Waals surface area contributed by atoms with Crippen LogP contribution < -0.4 is 10.2 Å². The van der Waals surface area contributed by atoms with Gasteiger partial charge in [0.15, 0.2) is 0 Å². The molecule has 7 heteroatoms. The van der Waals surface area contributed by atoms with Gasteiger partial charge in [0.2, 0.25) is 11.8 Å². The lowest BCUT2D eigenvalue weighted by molar-refractivity contribution is -0.132. The Kier molecular flexibility index (Phi) is 6.01. The van der Waals surface area contributed by atoms with E-state index < -0.39 is 0 Å². The van der Waals surface area contributed by atoms with E-state index >= 15 is 0 Å². The van der Waals surface area contributed by atoms with E-state index in [9.17, 15) is 9.59 Å². The second-order valence-corrected chi connectivity index (χ2v) is 6.80. The molecule has 0 saturated carbocycles. The van der Waals surface area contributed by atoms with Crippen LogP contribution in [0.2, 0.25) is 0 Å². The Morgan fingerprint density at radius 3 is 2.41 bits per heavy atom. The molecule has 1 saturated heterocycles. The minimum Gasteiger partial charge on any atom is -0.352 e. The second kappa shape index (κ2) is 8.62. The summed E-state index contributed by atoms with van der Waals surface area (Å²) in [6.45, 7) is 6.20. The smallest absolute Gasteiger partial charge is 0.225 e. The predicted molar refractivity (Wildman–Crippen MR) is 103 cm³/mol. The number of hydrogen-bond donors (Lipinski definition) is 1. The Morgan fingerprint density at radius 1 is 1.11 bits per heavy atom. The fourth-order valence-corrected chi connectivity index (χ4v) is 3.24. The van der Waals surface area contributed by atoms with Crippen LogP contribution in [-0.2, 0) is 9.59 Å². The Morgan fingerprint density at radius 2 is 1.81 bits per heavy atom. The van der Waals surface area contributed by atoms with E-state index in [4.69, 9.17) is 0 Å². The number of nitrogens with zero attached hydrogens (tertiary/aromatic N) is 4. The Labute approximate surface area is 159 Å². The van der Waals surface area contributed by atoms with Crippen molar-refractivity contribution in [2.24, 2.45) is 0 Å². The van der Waals surface area contributed by atoms with Gasteiger partial charge in [-0.25, -0.2) is 4.98 Å². The summed E-state index contributed by atoms with van der Waals surface area (Å²) in [5.74, 6) is 0.745. The molecule has 2 heterocycles. The molecular weight excluding hydrogens is 342 g/mol. The van der Waals surface area contributed by atoms with Crippen molar-refractivity contribution in [2.45, 2.75) is 26.3 Å². The van der Waals surface area contributed by atoms with Crippen LogP contribution in [0.25, 0.3) is 0 Å². The average molecular weight is 367 g/mol. The molecule has 1 N–H and O–H groups in total. The lowest BCUT2D eigenvalue weighted by atomic mass is 10.0. The summed E-state index contributed by atoms with van der Waals surface area (Å²) in [5.41, 5.74) is 2.09. The zero-order chi connectivity index (χ0) is 19.2. The van der Waals surface area contributed by atoms with Crippen molar-refractivity contribution in [1.29, 1.82) is 0 Å². The Hall–Kier alpha value is -2.96. The van der Waals surface area contributed by atoms with Gasteiger partial charge in [-0.15, -0.1) is 0 Å². The van der Waals surface area contributed by atoms with Crippen molar-refractivity contribution in [3.63, 3.8) is 0 Å². The molecule has 2 aromatic rings. The number of aryl methyl sites for hydroxylation is 1. The van der Waals surface area contributed by atoms with Gasteiger partial charge in [-0.3, -0.25) is 14.6 Å². The van der Waals surface area contributed by atoms with Gasteiger partial charge in [-0.05, 0) is 12.5 Å². The maximum atomic E-state index is 12.8. The van der Waals surface area contributed by atoms with Crippen molar-refractivity contribution in [1.82, 2.24) is 20.2 Å². The van der Waals surface area contributed by atoms with Crippen LogP contribution in [0.1, 0.15) is 30.5 Å². The molecule has 1 aliphatic rings. The molecule has 0 spiro atoms. The van der Waals surface area contributed by atoms with E-state index in [-0.39, 0.29) is 24.3 Å². The third-order valence-corrected chi connectivity index (χ3v) is 4.74. The van der Waals surface area contributed by atoms with Gasteiger partial charge in [-0.2, -0.15) is 0 Å². The number of amides is 2. The first kappa shape index (κ1) is 18.8. The summed E-state index contributed by atoms with van der Waals surface area (Å²) in [4.78, 5) is 36.8. The van der Waals surface area contributed by atoms with Gasteiger partial charge in [0.05, 0.1) is 18.7 Å². The first-order valence-electron chi connectivity index (χ1n) is 9.15. The summed E-state index contributed by atoms with van der Waals surface area (Å²) in [6, 6.07) is 7.61. The first-order chi connectivity index (χ1) is 13.0. The summed E-state index contributed by atoms with van der Waals surface area (Å²) in [6.07, 6.45) is 5.32. The van der Waals surface area contributed by atoms with E-state index in [1.54, 1.807) is 18.6 Å². The standard InChI is InChI=1S/C20H25N5O2/c1-15-3-5-17(6-4-15)18(23-16(2)26)13-20(27)25-11-9-24(10-12-25)19-14-21-7-8-22-19/h3-8,14,18H,9-13H2,1-2H3,(H,23,26)/t18-/m1/s1. The van der Waals surface area contributed by atoms with Crippen LogP contribution in [0.15, 0.2) is 42.9 Å².